The summed E-state index contributed by atoms with van der Waals surface area (Å²) < 4.78 is 2.91. The van der Waals surface area contributed by atoms with E-state index < -0.39 is 0 Å². The molecule has 1 aliphatic heterocycles. The van der Waals surface area contributed by atoms with Crippen molar-refractivity contribution in [3.63, 3.8) is 0 Å². The summed E-state index contributed by atoms with van der Waals surface area (Å²) >= 11 is 0. The molecule has 124 valence electrons. The number of piperidine rings is 1. The van der Waals surface area contributed by atoms with Crippen molar-refractivity contribution in [2.75, 3.05) is 18.0 Å². The van der Waals surface area contributed by atoms with Crippen LogP contribution in [0, 0.1) is 5.21 Å². The van der Waals surface area contributed by atoms with Crippen LogP contribution in [-0.4, -0.2) is 28.7 Å². The summed E-state index contributed by atoms with van der Waals surface area (Å²) in [6.07, 6.45) is 3.61. The fourth-order valence-electron chi connectivity index (χ4n) is 3.42. The first-order chi connectivity index (χ1) is 11.7. The van der Waals surface area contributed by atoms with Crippen LogP contribution in [0.5, 0.6) is 0 Å². The summed E-state index contributed by atoms with van der Waals surface area (Å²) in [5.41, 5.74) is 8.60. The zero-order valence-electron chi connectivity index (χ0n) is 13.5. The molecule has 24 heavy (non-hydrogen) atoms. The van der Waals surface area contributed by atoms with Crippen LogP contribution in [0.15, 0.2) is 48.7 Å². The Morgan fingerprint density at radius 3 is 2.83 bits per heavy atom. The lowest BCUT2D eigenvalue weighted by Crippen LogP contribution is -2.44. The summed E-state index contributed by atoms with van der Waals surface area (Å²) in [6, 6.07) is 13.9. The minimum Gasteiger partial charge on any atom is -0.711 e. The third-order valence-corrected chi connectivity index (χ3v) is 4.56. The number of nitrogens with zero attached hydrogens (tertiary/aromatic N) is 4. The normalized spacial score (nSPS) is 18.2. The second kappa shape index (κ2) is 6.13. The second-order valence-electron chi connectivity index (χ2n) is 6.37. The highest BCUT2D eigenvalue weighted by Crippen LogP contribution is 2.24. The summed E-state index contributed by atoms with van der Waals surface area (Å²) in [5, 5.41) is 12.4. The Labute approximate surface area is 140 Å². The summed E-state index contributed by atoms with van der Waals surface area (Å²) in [4.78, 5) is 6.95. The van der Waals surface area contributed by atoms with Crippen LogP contribution in [0.2, 0.25) is 0 Å². The number of anilines is 1. The average Bonchev–Trinajstić information content (AvgIpc) is 2.96. The van der Waals surface area contributed by atoms with Crippen molar-refractivity contribution >= 4 is 17.1 Å². The van der Waals surface area contributed by atoms with Gasteiger partial charge in [-0.15, -0.1) is 0 Å². The van der Waals surface area contributed by atoms with Gasteiger partial charge < -0.3 is 15.8 Å². The minimum atomic E-state index is 0.156. The van der Waals surface area contributed by atoms with Gasteiger partial charge in [0, 0.05) is 19.1 Å². The molecule has 0 amide bonds. The molecule has 0 spiro atoms. The van der Waals surface area contributed by atoms with Crippen molar-refractivity contribution in [3.05, 3.63) is 59.4 Å². The van der Waals surface area contributed by atoms with Gasteiger partial charge in [-0.2, -0.15) is 9.55 Å². The lowest BCUT2D eigenvalue weighted by molar-refractivity contribution is -0.580. The third-order valence-electron chi connectivity index (χ3n) is 4.56. The van der Waals surface area contributed by atoms with Gasteiger partial charge in [-0.1, -0.05) is 30.3 Å². The topological polar surface area (TPSA) is 74.0 Å². The van der Waals surface area contributed by atoms with E-state index in [0.717, 1.165) is 47.7 Å². The Morgan fingerprint density at radius 1 is 1.21 bits per heavy atom. The highest BCUT2D eigenvalue weighted by molar-refractivity contribution is 5.72. The fourth-order valence-corrected chi connectivity index (χ4v) is 3.42. The number of imidazole rings is 1. The standard InChI is InChI=1S/C18H21N5O/c19-15-8-4-10-21(13-15)18-20-16-9-5-11-23(24)17(16)22(18)12-14-6-2-1-3-7-14/h1-3,5-7,9,11,15H,4,8,10,12-13,19H2. The quantitative estimate of drug-likeness (QED) is 0.587. The van der Waals surface area contributed by atoms with Crippen LogP contribution >= 0.6 is 0 Å². The molecule has 0 saturated carbocycles. The van der Waals surface area contributed by atoms with Crippen LogP contribution < -0.4 is 15.4 Å². The predicted octanol–water partition coefficient (Wildman–Crippen LogP) is 1.65. The predicted molar refractivity (Wildman–Crippen MR) is 93.7 cm³/mol. The monoisotopic (exact) mass is 323 g/mol. The van der Waals surface area contributed by atoms with Gasteiger partial charge in [0.15, 0.2) is 5.52 Å². The maximum atomic E-state index is 12.4. The van der Waals surface area contributed by atoms with E-state index in [-0.39, 0.29) is 6.04 Å². The minimum absolute atomic E-state index is 0.156. The molecule has 3 aromatic rings. The van der Waals surface area contributed by atoms with E-state index in [1.54, 1.807) is 6.07 Å². The Balaban J connectivity index is 1.83. The zero-order valence-corrected chi connectivity index (χ0v) is 13.5. The van der Waals surface area contributed by atoms with Gasteiger partial charge in [-0.05, 0) is 30.5 Å². The Morgan fingerprint density at radius 2 is 2.04 bits per heavy atom. The van der Waals surface area contributed by atoms with Gasteiger partial charge in [-0.25, -0.2) is 4.73 Å². The molecular weight excluding hydrogens is 302 g/mol. The molecule has 0 radical (unpaired) electrons. The van der Waals surface area contributed by atoms with Crippen molar-refractivity contribution in [2.45, 2.75) is 25.4 Å². The van der Waals surface area contributed by atoms with Crippen LogP contribution in [0.25, 0.3) is 11.2 Å². The second-order valence-corrected chi connectivity index (χ2v) is 6.37. The van der Waals surface area contributed by atoms with Gasteiger partial charge in [0.05, 0.1) is 6.20 Å². The molecule has 3 heterocycles. The van der Waals surface area contributed by atoms with E-state index in [9.17, 15) is 5.21 Å². The van der Waals surface area contributed by atoms with E-state index in [1.165, 1.54) is 6.20 Å². The van der Waals surface area contributed by atoms with Gasteiger partial charge in [0.1, 0.15) is 6.54 Å². The number of pyridine rings is 1. The number of nitrogens with two attached hydrogens (primary N) is 1. The molecule has 4 rings (SSSR count). The summed E-state index contributed by atoms with van der Waals surface area (Å²) in [7, 11) is 0. The van der Waals surface area contributed by atoms with Crippen molar-refractivity contribution in [3.8, 4) is 0 Å². The SMILES string of the molecule is NC1CCCN(c2nc3ccc[n+]([O-])c3n2Cc2ccccc2)C1. The molecule has 2 aromatic heterocycles. The highest BCUT2D eigenvalue weighted by Gasteiger charge is 2.27. The molecule has 2 N–H and O–H groups in total. The molecule has 1 atom stereocenters. The maximum Gasteiger partial charge on any atom is 0.314 e. The third kappa shape index (κ3) is 2.69. The smallest absolute Gasteiger partial charge is 0.314 e. The molecule has 1 aromatic carbocycles. The van der Waals surface area contributed by atoms with E-state index in [2.05, 4.69) is 17.0 Å². The largest absolute Gasteiger partial charge is 0.711 e. The van der Waals surface area contributed by atoms with Gasteiger partial charge >= 0.3 is 5.65 Å². The van der Waals surface area contributed by atoms with Crippen LogP contribution in [-0.2, 0) is 6.54 Å². The Hall–Kier alpha value is -2.60. The van der Waals surface area contributed by atoms with Crippen LogP contribution in [0.3, 0.4) is 0 Å². The van der Waals surface area contributed by atoms with Gasteiger partial charge in [0.25, 0.3) is 5.95 Å². The number of hydrogen-bond donors (Lipinski definition) is 1. The zero-order chi connectivity index (χ0) is 16.5. The molecule has 1 saturated heterocycles. The Bertz CT molecular complexity index is 845. The van der Waals surface area contributed by atoms with Crippen LogP contribution in [0.1, 0.15) is 18.4 Å². The number of hydrogen-bond acceptors (Lipinski definition) is 4. The molecule has 1 aliphatic rings. The van der Waals surface area contributed by atoms with E-state index in [1.807, 2.05) is 28.8 Å². The molecule has 1 unspecified atom stereocenters. The highest BCUT2D eigenvalue weighted by atomic mass is 16.5. The molecule has 0 bridgehead atoms. The summed E-state index contributed by atoms with van der Waals surface area (Å²) in [6.45, 7) is 2.31. The molecule has 1 fully saturated rings. The first-order valence-corrected chi connectivity index (χ1v) is 8.35. The van der Waals surface area contributed by atoms with E-state index >= 15 is 0 Å². The van der Waals surface area contributed by atoms with Crippen LogP contribution in [0.4, 0.5) is 5.95 Å². The van der Waals surface area contributed by atoms with Gasteiger partial charge in [-0.3, -0.25) is 0 Å². The van der Waals surface area contributed by atoms with Crippen molar-refractivity contribution < 1.29 is 4.73 Å². The number of aromatic nitrogens is 3. The van der Waals surface area contributed by atoms with E-state index in [0.29, 0.717) is 12.2 Å². The molecular formula is C18H21N5O. The van der Waals surface area contributed by atoms with Gasteiger partial charge in [0.2, 0.25) is 0 Å². The number of benzene rings is 1. The fraction of sp³-hybridized carbons (Fsp3) is 0.333. The summed E-state index contributed by atoms with van der Waals surface area (Å²) in [5.74, 6) is 0.833. The van der Waals surface area contributed by atoms with Crippen molar-refractivity contribution in [2.24, 2.45) is 5.73 Å². The van der Waals surface area contributed by atoms with Crippen molar-refractivity contribution in [1.29, 1.82) is 0 Å². The lowest BCUT2D eigenvalue weighted by atomic mass is 10.1. The molecule has 6 heteroatoms. The maximum absolute atomic E-state index is 12.4. The molecule has 6 nitrogen and oxygen atoms in total. The lowest BCUT2D eigenvalue weighted by Gasteiger charge is -2.29. The van der Waals surface area contributed by atoms with E-state index in [4.69, 9.17) is 10.7 Å². The van der Waals surface area contributed by atoms with Crippen molar-refractivity contribution in [1.82, 2.24) is 9.55 Å². The first-order valence-electron chi connectivity index (χ1n) is 8.35. The molecule has 0 aliphatic carbocycles. The first kappa shape index (κ1) is 15.0. The number of rotatable bonds is 3. The average molecular weight is 323 g/mol. The number of fused-ring (bicyclic) bond motifs is 1. The Kier molecular flexibility index (Phi) is 3.82.